The van der Waals surface area contributed by atoms with E-state index in [1.54, 1.807) is 24.3 Å². The van der Waals surface area contributed by atoms with Crippen molar-refractivity contribution in [3.8, 4) is 5.75 Å². The molecule has 2 aromatic rings. The Morgan fingerprint density at radius 3 is 2.30 bits per heavy atom. The molecule has 1 unspecified atom stereocenters. The van der Waals surface area contributed by atoms with E-state index in [9.17, 15) is 13.2 Å². The predicted octanol–water partition coefficient (Wildman–Crippen LogP) is 4.13. The van der Waals surface area contributed by atoms with E-state index in [1.165, 1.54) is 4.31 Å². The SMILES string of the molecule is CCOc1ccc(S(=O)(=O)N2CCC(C(=O)NC(C)c3ccc(Br)cc3)CC2)cc1. The molecule has 2 aromatic carbocycles. The van der Waals surface area contributed by atoms with Gasteiger partial charge in [0.1, 0.15) is 5.75 Å². The number of hydrogen-bond donors (Lipinski definition) is 1. The van der Waals surface area contributed by atoms with E-state index >= 15 is 0 Å². The number of ether oxygens (including phenoxy) is 1. The van der Waals surface area contributed by atoms with Gasteiger partial charge in [0.2, 0.25) is 15.9 Å². The topological polar surface area (TPSA) is 75.7 Å². The molecule has 1 heterocycles. The van der Waals surface area contributed by atoms with Crippen molar-refractivity contribution in [2.45, 2.75) is 37.6 Å². The summed E-state index contributed by atoms with van der Waals surface area (Å²) in [5.74, 6) is 0.435. The molecule has 1 fully saturated rings. The van der Waals surface area contributed by atoms with Crippen LogP contribution in [0.25, 0.3) is 0 Å². The second-order valence-corrected chi connectivity index (χ2v) is 10.2. The number of carbonyl (C=O) groups is 1. The van der Waals surface area contributed by atoms with E-state index in [2.05, 4.69) is 21.2 Å². The van der Waals surface area contributed by atoms with Crippen molar-refractivity contribution in [1.82, 2.24) is 9.62 Å². The highest BCUT2D eigenvalue weighted by Gasteiger charge is 2.32. The van der Waals surface area contributed by atoms with Gasteiger partial charge in [-0.15, -0.1) is 0 Å². The van der Waals surface area contributed by atoms with Crippen molar-refractivity contribution in [2.24, 2.45) is 5.92 Å². The van der Waals surface area contributed by atoms with Crippen LogP contribution in [0.3, 0.4) is 0 Å². The number of halogens is 1. The zero-order chi connectivity index (χ0) is 21.7. The molecule has 0 aromatic heterocycles. The maximum Gasteiger partial charge on any atom is 0.243 e. The fourth-order valence-corrected chi connectivity index (χ4v) is 5.28. The first-order chi connectivity index (χ1) is 14.3. The molecule has 1 amide bonds. The Balaban J connectivity index is 1.56. The van der Waals surface area contributed by atoms with Gasteiger partial charge in [-0.2, -0.15) is 4.31 Å². The number of carbonyl (C=O) groups excluding carboxylic acids is 1. The number of hydrogen-bond acceptors (Lipinski definition) is 4. The zero-order valence-electron chi connectivity index (χ0n) is 17.2. The standard InChI is InChI=1S/C22H27BrN2O4S/c1-3-29-20-8-10-21(11-9-20)30(27,28)25-14-12-18(13-15-25)22(26)24-16(2)17-4-6-19(23)7-5-17/h4-11,16,18H,3,12-15H2,1-2H3,(H,24,26). The highest BCUT2D eigenvalue weighted by Crippen LogP contribution is 2.26. The van der Waals surface area contributed by atoms with Crippen LogP contribution in [0, 0.1) is 5.92 Å². The number of amides is 1. The summed E-state index contributed by atoms with van der Waals surface area (Å²) < 4.78 is 33.6. The fraction of sp³-hybridized carbons (Fsp3) is 0.409. The molecule has 0 radical (unpaired) electrons. The summed E-state index contributed by atoms with van der Waals surface area (Å²) in [5, 5.41) is 3.05. The molecule has 0 spiro atoms. The molecule has 3 rings (SSSR count). The molecule has 30 heavy (non-hydrogen) atoms. The molecule has 162 valence electrons. The van der Waals surface area contributed by atoms with E-state index in [-0.39, 0.29) is 22.8 Å². The van der Waals surface area contributed by atoms with Crippen LogP contribution in [0.15, 0.2) is 57.9 Å². The van der Waals surface area contributed by atoms with Gasteiger partial charge in [0.05, 0.1) is 17.5 Å². The summed E-state index contributed by atoms with van der Waals surface area (Å²) in [6.07, 6.45) is 1.02. The lowest BCUT2D eigenvalue weighted by Crippen LogP contribution is -2.43. The quantitative estimate of drug-likeness (QED) is 0.627. The van der Waals surface area contributed by atoms with Gasteiger partial charge in [-0.25, -0.2) is 8.42 Å². The summed E-state index contributed by atoms with van der Waals surface area (Å²) in [6, 6.07) is 14.2. The lowest BCUT2D eigenvalue weighted by Gasteiger charge is -2.31. The van der Waals surface area contributed by atoms with Crippen LogP contribution in [0.1, 0.15) is 38.3 Å². The van der Waals surface area contributed by atoms with Gasteiger partial charge >= 0.3 is 0 Å². The molecular formula is C22H27BrN2O4S. The van der Waals surface area contributed by atoms with Crippen LogP contribution in [0.4, 0.5) is 0 Å². The van der Waals surface area contributed by atoms with Crippen LogP contribution in [0.2, 0.25) is 0 Å². The zero-order valence-corrected chi connectivity index (χ0v) is 19.6. The van der Waals surface area contributed by atoms with E-state index in [1.807, 2.05) is 38.1 Å². The number of nitrogens with one attached hydrogen (secondary N) is 1. The molecular weight excluding hydrogens is 468 g/mol. The largest absolute Gasteiger partial charge is 0.494 e. The Labute approximate surface area is 186 Å². The summed E-state index contributed by atoms with van der Waals surface area (Å²) in [6.45, 7) is 5.03. The van der Waals surface area contributed by atoms with Gasteiger partial charge in [-0.05, 0) is 68.7 Å². The van der Waals surface area contributed by atoms with Crippen LogP contribution < -0.4 is 10.1 Å². The first-order valence-corrected chi connectivity index (χ1v) is 12.3. The molecule has 1 aliphatic heterocycles. The van der Waals surface area contributed by atoms with Gasteiger partial charge in [-0.3, -0.25) is 4.79 Å². The third-order valence-electron chi connectivity index (χ3n) is 5.33. The minimum atomic E-state index is -3.57. The molecule has 1 aliphatic rings. The molecule has 0 saturated carbocycles. The van der Waals surface area contributed by atoms with Crippen LogP contribution in [-0.4, -0.2) is 38.3 Å². The van der Waals surface area contributed by atoms with Gasteiger partial charge in [0.15, 0.2) is 0 Å². The number of benzene rings is 2. The molecule has 1 N–H and O–H groups in total. The first-order valence-electron chi connectivity index (χ1n) is 10.1. The number of nitrogens with zero attached hydrogens (tertiary/aromatic N) is 1. The molecule has 1 saturated heterocycles. The Morgan fingerprint density at radius 2 is 1.73 bits per heavy atom. The average molecular weight is 495 g/mol. The number of piperidine rings is 1. The third-order valence-corrected chi connectivity index (χ3v) is 7.77. The van der Waals surface area contributed by atoms with Gasteiger partial charge < -0.3 is 10.1 Å². The maximum absolute atomic E-state index is 12.9. The van der Waals surface area contributed by atoms with Crippen LogP contribution in [0.5, 0.6) is 5.75 Å². The minimum absolute atomic E-state index is 0.0245. The molecule has 0 aliphatic carbocycles. The maximum atomic E-state index is 12.9. The van der Waals surface area contributed by atoms with Crippen LogP contribution in [-0.2, 0) is 14.8 Å². The normalized spacial score (nSPS) is 16.8. The number of rotatable bonds is 7. The predicted molar refractivity (Wildman–Crippen MR) is 120 cm³/mol. The van der Waals surface area contributed by atoms with Gasteiger partial charge in [0.25, 0.3) is 0 Å². The minimum Gasteiger partial charge on any atom is -0.494 e. The van der Waals surface area contributed by atoms with Crippen molar-refractivity contribution in [2.75, 3.05) is 19.7 Å². The van der Waals surface area contributed by atoms with E-state index in [0.717, 1.165) is 10.0 Å². The van der Waals surface area contributed by atoms with E-state index in [0.29, 0.717) is 38.3 Å². The lowest BCUT2D eigenvalue weighted by molar-refractivity contribution is -0.126. The van der Waals surface area contributed by atoms with Gasteiger partial charge in [-0.1, -0.05) is 28.1 Å². The van der Waals surface area contributed by atoms with Crippen molar-refractivity contribution in [3.05, 3.63) is 58.6 Å². The van der Waals surface area contributed by atoms with E-state index < -0.39 is 10.0 Å². The van der Waals surface area contributed by atoms with Crippen molar-refractivity contribution < 1.29 is 17.9 Å². The average Bonchev–Trinajstić information content (AvgIpc) is 2.75. The molecule has 8 heteroatoms. The second kappa shape index (κ2) is 9.94. The van der Waals surface area contributed by atoms with Gasteiger partial charge in [0, 0.05) is 23.5 Å². The molecule has 1 atom stereocenters. The smallest absolute Gasteiger partial charge is 0.243 e. The monoisotopic (exact) mass is 494 g/mol. The third kappa shape index (κ3) is 5.42. The highest BCUT2D eigenvalue weighted by atomic mass is 79.9. The molecule has 6 nitrogen and oxygen atoms in total. The Hall–Kier alpha value is -1.90. The number of sulfonamides is 1. The Kier molecular flexibility index (Phi) is 7.55. The van der Waals surface area contributed by atoms with Crippen LogP contribution >= 0.6 is 15.9 Å². The van der Waals surface area contributed by atoms with E-state index in [4.69, 9.17) is 4.74 Å². The lowest BCUT2D eigenvalue weighted by atomic mass is 9.96. The summed E-state index contributed by atoms with van der Waals surface area (Å²) in [4.78, 5) is 12.9. The fourth-order valence-electron chi connectivity index (χ4n) is 3.55. The highest BCUT2D eigenvalue weighted by molar-refractivity contribution is 9.10. The first kappa shape index (κ1) is 22.8. The Morgan fingerprint density at radius 1 is 1.13 bits per heavy atom. The summed E-state index contributed by atoms with van der Waals surface area (Å²) in [7, 11) is -3.57. The van der Waals surface area contributed by atoms with Crippen molar-refractivity contribution in [3.63, 3.8) is 0 Å². The second-order valence-electron chi connectivity index (χ2n) is 7.36. The molecule has 0 bridgehead atoms. The van der Waals surface area contributed by atoms with Crippen molar-refractivity contribution in [1.29, 1.82) is 0 Å². The Bertz CT molecular complexity index is 954. The summed E-state index contributed by atoms with van der Waals surface area (Å²) >= 11 is 3.41. The van der Waals surface area contributed by atoms with Crippen molar-refractivity contribution >= 4 is 31.9 Å². The summed E-state index contributed by atoms with van der Waals surface area (Å²) in [5.41, 5.74) is 1.03.